The van der Waals surface area contributed by atoms with Gasteiger partial charge in [-0.25, -0.2) is 13.6 Å². The van der Waals surface area contributed by atoms with Crippen LogP contribution in [0.1, 0.15) is 12.5 Å². The average molecular weight is 319 g/mol. The molecule has 0 saturated carbocycles. The molecule has 2 unspecified atom stereocenters. The van der Waals surface area contributed by atoms with Gasteiger partial charge in [0.2, 0.25) is 10.0 Å². The van der Waals surface area contributed by atoms with E-state index in [4.69, 9.17) is 10.9 Å². The van der Waals surface area contributed by atoms with Crippen LogP contribution in [0.4, 0.5) is 11.4 Å². The third-order valence-corrected chi connectivity index (χ3v) is 5.31. The minimum absolute atomic E-state index is 0.00577. The van der Waals surface area contributed by atoms with Crippen molar-refractivity contribution in [3.05, 3.63) is 17.7 Å². The first-order chi connectivity index (χ1) is 9.20. The number of aliphatic hydroxyl groups is 1. The van der Waals surface area contributed by atoms with E-state index in [1.807, 2.05) is 13.2 Å². The summed E-state index contributed by atoms with van der Waals surface area (Å²) < 4.78 is 23.1. The van der Waals surface area contributed by atoms with Gasteiger partial charge in [0, 0.05) is 22.7 Å². The Morgan fingerprint density at radius 2 is 2.05 bits per heavy atom. The quantitative estimate of drug-likeness (QED) is 0.575. The molecule has 0 fully saturated rings. The van der Waals surface area contributed by atoms with Gasteiger partial charge < -0.3 is 16.2 Å². The van der Waals surface area contributed by atoms with E-state index in [1.165, 1.54) is 17.8 Å². The minimum Gasteiger partial charge on any atom is -0.399 e. The van der Waals surface area contributed by atoms with Gasteiger partial charge >= 0.3 is 0 Å². The molecule has 0 aliphatic heterocycles. The first-order valence-corrected chi connectivity index (χ1v) is 8.87. The highest BCUT2D eigenvalue weighted by molar-refractivity contribution is 7.99. The van der Waals surface area contributed by atoms with E-state index in [9.17, 15) is 13.5 Å². The van der Waals surface area contributed by atoms with Gasteiger partial charge in [-0.05, 0) is 37.8 Å². The van der Waals surface area contributed by atoms with Gasteiger partial charge in [0.15, 0.2) is 0 Å². The monoisotopic (exact) mass is 319 g/mol. The van der Waals surface area contributed by atoms with E-state index >= 15 is 0 Å². The fraction of sp³-hybridized carbons (Fsp3) is 0.500. The van der Waals surface area contributed by atoms with Crippen molar-refractivity contribution in [2.75, 3.05) is 23.9 Å². The first kappa shape index (κ1) is 17.1. The molecule has 0 amide bonds. The van der Waals surface area contributed by atoms with Gasteiger partial charge in [-0.3, -0.25) is 0 Å². The number of benzene rings is 1. The molecule has 6 nitrogen and oxygen atoms in total. The molecule has 6 N–H and O–H groups in total. The number of hydrogen-bond donors (Lipinski definition) is 4. The van der Waals surface area contributed by atoms with Gasteiger partial charge in [0.05, 0.1) is 11.5 Å². The summed E-state index contributed by atoms with van der Waals surface area (Å²) in [6, 6.07) is 2.96. The summed E-state index contributed by atoms with van der Waals surface area (Å²) in [5, 5.41) is 17.6. The first-order valence-electron chi connectivity index (χ1n) is 6.03. The van der Waals surface area contributed by atoms with Crippen molar-refractivity contribution in [2.45, 2.75) is 30.0 Å². The van der Waals surface area contributed by atoms with Crippen molar-refractivity contribution in [1.82, 2.24) is 0 Å². The number of sulfonamides is 1. The van der Waals surface area contributed by atoms with Gasteiger partial charge in [-0.1, -0.05) is 0 Å². The lowest BCUT2D eigenvalue weighted by Gasteiger charge is -2.24. The molecule has 0 saturated heterocycles. The Bertz CT molecular complexity index is 572. The molecule has 2 atom stereocenters. The summed E-state index contributed by atoms with van der Waals surface area (Å²) in [7, 11) is -3.82. The van der Waals surface area contributed by atoms with Crippen LogP contribution in [0, 0.1) is 6.92 Å². The normalized spacial score (nSPS) is 14.8. The second-order valence-corrected chi connectivity index (χ2v) is 7.23. The number of primary sulfonamides is 1. The van der Waals surface area contributed by atoms with E-state index in [-0.39, 0.29) is 22.8 Å². The van der Waals surface area contributed by atoms with Gasteiger partial charge in [-0.15, -0.1) is 0 Å². The molecule has 20 heavy (non-hydrogen) atoms. The summed E-state index contributed by atoms with van der Waals surface area (Å²) >= 11 is 1.53. The number of rotatable bonds is 6. The lowest BCUT2D eigenvalue weighted by Crippen LogP contribution is -2.31. The van der Waals surface area contributed by atoms with E-state index in [0.717, 1.165) is 0 Å². The maximum atomic E-state index is 11.5. The van der Waals surface area contributed by atoms with Crippen LogP contribution >= 0.6 is 11.8 Å². The predicted molar refractivity (Wildman–Crippen MR) is 84.4 cm³/mol. The smallest absolute Gasteiger partial charge is 0.238 e. The third kappa shape index (κ3) is 4.02. The number of hydrogen-bond acceptors (Lipinski definition) is 6. The van der Waals surface area contributed by atoms with Crippen LogP contribution in [-0.4, -0.2) is 37.7 Å². The zero-order valence-corrected chi connectivity index (χ0v) is 13.4. The molecule has 0 spiro atoms. The number of anilines is 2. The highest BCUT2D eigenvalue weighted by atomic mass is 32.2. The van der Waals surface area contributed by atoms with Crippen LogP contribution in [0.5, 0.6) is 0 Å². The zero-order chi connectivity index (χ0) is 15.5. The van der Waals surface area contributed by atoms with Crippen LogP contribution in [0.15, 0.2) is 17.0 Å². The van der Waals surface area contributed by atoms with Crippen LogP contribution in [-0.2, 0) is 10.0 Å². The number of thioether (sulfide) groups is 1. The molecule has 1 aromatic rings. The molecular weight excluding hydrogens is 298 g/mol. The van der Waals surface area contributed by atoms with E-state index in [2.05, 4.69) is 5.32 Å². The molecule has 8 heteroatoms. The molecule has 1 aromatic carbocycles. The van der Waals surface area contributed by atoms with E-state index < -0.39 is 10.0 Å². The summed E-state index contributed by atoms with van der Waals surface area (Å²) in [6.45, 7) is 3.61. The molecule has 0 aliphatic rings. The summed E-state index contributed by atoms with van der Waals surface area (Å²) in [5.74, 6) is 0. The Balaban J connectivity index is 3.17. The van der Waals surface area contributed by atoms with E-state index in [0.29, 0.717) is 16.9 Å². The Labute approximate surface area is 124 Å². The number of nitrogens with one attached hydrogen (secondary N) is 1. The Morgan fingerprint density at radius 3 is 2.50 bits per heavy atom. The van der Waals surface area contributed by atoms with Gasteiger partial charge in [-0.2, -0.15) is 11.8 Å². The van der Waals surface area contributed by atoms with Crippen LogP contribution in [0.2, 0.25) is 0 Å². The van der Waals surface area contributed by atoms with Crippen molar-refractivity contribution in [3.63, 3.8) is 0 Å². The third-order valence-electron chi connectivity index (χ3n) is 3.11. The molecule has 114 valence electrons. The second-order valence-electron chi connectivity index (χ2n) is 4.63. The van der Waals surface area contributed by atoms with Crippen LogP contribution in [0.3, 0.4) is 0 Å². The summed E-state index contributed by atoms with van der Waals surface area (Å²) in [6.07, 6.45) is 1.90. The van der Waals surface area contributed by atoms with E-state index in [1.54, 1.807) is 13.0 Å². The second kappa shape index (κ2) is 6.66. The fourth-order valence-corrected chi connectivity index (χ4v) is 3.39. The highest BCUT2D eigenvalue weighted by Gasteiger charge is 2.19. The van der Waals surface area contributed by atoms with Crippen molar-refractivity contribution >= 4 is 33.2 Å². The topological polar surface area (TPSA) is 118 Å². The number of nitrogen functional groups attached to an aromatic ring is 1. The molecule has 0 radical (unpaired) electrons. The number of nitrogens with two attached hydrogens (primary N) is 2. The molecule has 1 rings (SSSR count). The van der Waals surface area contributed by atoms with Crippen molar-refractivity contribution < 1.29 is 13.5 Å². The highest BCUT2D eigenvalue weighted by Crippen LogP contribution is 2.27. The largest absolute Gasteiger partial charge is 0.399 e. The van der Waals surface area contributed by atoms with Gasteiger partial charge in [0.25, 0.3) is 0 Å². The van der Waals surface area contributed by atoms with Crippen molar-refractivity contribution in [3.8, 4) is 0 Å². The van der Waals surface area contributed by atoms with Crippen molar-refractivity contribution in [1.29, 1.82) is 0 Å². The Hall–Kier alpha value is -0.960. The maximum absolute atomic E-state index is 11.5. The van der Waals surface area contributed by atoms with Crippen molar-refractivity contribution in [2.24, 2.45) is 5.14 Å². The maximum Gasteiger partial charge on any atom is 0.238 e. The Morgan fingerprint density at radius 1 is 1.45 bits per heavy atom. The minimum atomic E-state index is -3.82. The van der Waals surface area contributed by atoms with Gasteiger partial charge in [0.1, 0.15) is 0 Å². The summed E-state index contributed by atoms with van der Waals surface area (Å²) in [4.78, 5) is 0.0110. The fourth-order valence-electron chi connectivity index (χ4n) is 1.93. The average Bonchev–Trinajstić information content (AvgIpc) is 2.33. The predicted octanol–water partition coefficient (Wildman–Crippen LogP) is 0.749. The lowest BCUT2D eigenvalue weighted by molar-refractivity contribution is 0.288. The standard InChI is InChI=1S/C12H21N3O3S2/c1-7-10(15-8(2)11(6-16)19-3)4-9(13)5-12(7)20(14,17)18/h4-5,8,11,15-16H,6,13H2,1-3H3,(H2,14,17,18). The molecule has 0 aliphatic carbocycles. The lowest BCUT2D eigenvalue weighted by atomic mass is 10.1. The zero-order valence-electron chi connectivity index (χ0n) is 11.8. The van der Waals surface area contributed by atoms with Crippen LogP contribution in [0.25, 0.3) is 0 Å². The molecular formula is C12H21N3O3S2. The molecule has 0 aromatic heterocycles. The SMILES string of the molecule is CSC(CO)C(C)Nc1cc(N)cc(S(N)(=O)=O)c1C. The molecule has 0 bridgehead atoms. The Kier molecular flexibility index (Phi) is 5.69. The number of aliphatic hydroxyl groups excluding tert-OH is 1. The molecule has 0 heterocycles. The summed E-state index contributed by atoms with van der Waals surface area (Å²) in [5.41, 5.74) is 7.17. The van der Waals surface area contributed by atoms with Crippen LogP contribution < -0.4 is 16.2 Å².